The van der Waals surface area contributed by atoms with Gasteiger partial charge in [0.25, 0.3) is 5.56 Å². The lowest BCUT2D eigenvalue weighted by Gasteiger charge is -2.20. The maximum absolute atomic E-state index is 13.1. The van der Waals surface area contributed by atoms with Crippen LogP contribution in [-0.2, 0) is 7.05 Å². The summed E-state index contributed by atoms with van der Waals surface area (Å²) in [6.45, 7) is 1.76. The van der Waals surface area contributed by atoms with Gasteiger partial charge in [-0.15, -0.1) is 0 Å². The van der Waals surface area contributed by atoms with Crippen LogP contribution in [0.5, 0.6) is 5.75 Å². The Labute approximate surface area is 182 Å². The van der Waals surface area contributed by atoms with Crippen LogP contribution in [-0.4, -0.2) is 54.0 Å². The smallest absolute Gasteiger partial charge is 0.262 e. The van der Waals surface area contributed by atoms with Crippen molar-refractivity contribution >= 4 is 16.7 Å². The first-order valence-corrected chi connectivity index (χ1v) is 11.0. The van der Waals surface area contributed by atoms with Crippen LogP contribution in [0, 0.1) is 0 Å². The van der Waals surface area contributed by atoms with Gasteiger partial charge in [-0.3, -0.25) is 4.79 Å². The molecule has 0 radical (unpaired) electrons. The lowest BCUT2D eigenvalue weighted by Crippen LogP contribution is -2.27. The minimum Gasteiger partial charge on any atom is -0.496 e. The fraction of sp³-hybridized carbons (Fsp3) is 0.522. The van der Waals surface area contributed by atoms with Gasteiger partial charge in [-0.1, -0.05) is 19.3 Å². The van der Waals surface area contributed by atoms with Crippen LogP contribution < -0.4 is 20.5 Å². The Morgan fingerprint density at radius 2 is 2.06 bits per heavy atom. The second-order valence-corrected chi connectivity index (χ2v) is 8.37. The van der Waals surface area contributed by atoms with Crippen molar-refractivity contribution in [1.29, 1.82) is 0 Å². The van der Waals surface area contributed by atoms with Crippen molar-refractivity contribution in [2.75, 3.05) is 39.2 Å². The van der Waals surface area contributed by atoms with E-state index >= 15 is 0 Å². The summed E-state index contributed by atoms with van der Waals surface area (Å²) in [6, 6.07) is 5.95. The second-order valence-electron chi connectivity index (χ2n) is 8.37. The molecule has 8 heteroatoms. The molecule has 1 aromatic carbocycles. The van der Waals surface area contributed by atoms with Gasteiger partial charge in [0.2, 0.25) is 0 Å². The Bertz CT molecular complexity index is 1110. The Morgan fingerprint density at radius 3 is 2.77 bits per heavy atom. The lowest BCUT2D eigenvalue weighted by molar-refractivity contribution is 0.416. The number of likely N-dealkylation sites (N-methyl/N-ethyl adjacent to an activating group) is 2. The van der Waals surface area contributed by atoms with Crippen LogP contribution in [0.25, 0.3) is 22.4 Å². The molecule has 0 aliphatic heterocycles. The summed E-state index contributed by atoms with van der Waals surface area (Å²) in [5.74, 6) is 1.51. The Balaban J connectivity index is 1.75. The Hall–Kier alpha value is -2.87. The van der Waals surface area contributed by atoms with E-state index in [0.29, 0.717) is 28.5 Å². The van der Waals surface area contributed by atoms with Gasteiger partial charge in [-0.25, -0.2) is 9.67 Å². The number of nitrogens with one attached hydrogen (secondary N) is 2. The first kappa shape index (κ1) is 21.4. The number of benzene rings is 1. The summed E-state index contributed by atoms with van der Waals surface area (Å²) in [6.07, 6.45) is 5.82. The molecule has 1 aliphatic rings. The largest absolute Gasteiger partial charge is 0.496 e. The third kappa shape index (κ3) is 4.17. The number of methoxy groups -OCH3 is 1. The fourth-order valence-corrected chi connectivity index (χ4v) is 4.50. The number of hydrogen-bond acceptors (Lipinski definition) is 6. The first-order valence-electron chi connectivity index (χ1n) is 11.0. The van der Waals surface area contributed by atoms with Crippen LogP contribution in [0.1, 0.15) is 43.7 Å². The highest BCUT2D eigenvalue weighted by molar-refractivity contribution is 5.81. The summed E-state index contributed by atoms with van der Waals surface area (Å²) in [7, 11) is 7.48. The molecule has 2 heterocycles. The van der Waals surface area contributed by atoms with Crippen molar-refractivity contribution in [3.05, 3.63) is 34.2 Å². The topological polar surface area (TPSA) is 88.1 Å². The predicted octanol–water partition coefficient (Wildman–Crippen LogP) is 3.04. The van der Waals surface area contributed by atoms with Crippen molar-refractivity contribution in [3.63, 3.8) is 0 Å². The van der Waals surface area contributed by atoms with Crippen molar-refractivity contribution in [2.45, 2.75) is 38.0 Å². The van der Waals surface area contributed by atoms with E-state index in [1.54, 1.807) is 11.8 Å². The second kappa shape index (κ2) is 9.09. The predicted molar refractivity (Wildman–Crippen MR) is 124 cm³/mol. The van der Waals surface area contributed by atoms with Gasteiger partial charge in [0, 0.05) is 44.9 Å². The number of aryl methyl sites for hydroxylation is 1. The third-order valence-electron chi connectivity index (χ3n) is 6.29. The maximum atomic E-state index is 13.1. The minimum absolute atomic E-state index is 0.133. The number of anilines is 1. The Morgan fingerprint density at radius 1 is 1.29 bits per heavy atom. The van der Waals surface area contributed by atoms with Gasteiger partial charge in [-0.05, 0) is 32.0 Å². The molecule has 1 saturated carbocycles. The molecule has 166 valence electrons. The molecular formula is C23H32N6O2. The van der Waals surface area contributed by atoms with Gasteiger partial charge >= 0.3 is 0 Å². The van der Waals surface area contributed by atoms with Crippen LogP contribution >= 0.6 is 0 Å². The highest BCUT2D eigenvalue weighted by Crippen LogP contribution is 2.35. The molecule has 4 rings (SSSR count). The average molecular weight is 425 g/mol. The molecule has 0 spiro atoms. The van der Waals surface area contributed by atoms with E-state index in [-0.39, 0.29) is 5.56 Å². The quantitative estimate of drug-likeness (QED) is 0.606. The maximum Gasteiger partial charge on any atom is 0.262 e. The van der Waals surface area contributed by atoms with Crippen molar-refractivity contribution < 1.29 is 4.74 Å². The van der Waals surface area contributed by atoms with Gasteiger partial charge in [0.05, 0.1) is 18.4 Å². The van der Waals surface area contributed by atoms with Crippen LogP contribution in [0.2, 0.25) is 0 Å². The number of fused-ring (bicyclic) bond motifs is 1. The highest BCUT2D eigenvalue weighted by atomic mass is 16.5. The fourth-order valence-electron chi connectivity index (χ4n) is 4.50. The molecule has 1 aliphatic carbocycles. The zero-order chi connectivity index (χ0) is 22.0. The number of hydrogen-bond donors (Lipinski definition) is 2. The number of rotatable bonds is 7. The normalized spacial score (nSPS) is 14.8. The molecule has 0 unspecified atom stereocenters. The standard InChI is InChI=1S/C23H32N6O2/c1-24-12-13-28(2)16-10-11-17(18(14-16)31-4)21-25-22-19(23(30)26-21)20(27-29(22)3)15-8-6-5-7-9-15/h10-11,14-15,24H,5-9,12-13H2,1-4H3,(H,25,26,30). The molecule has 0 atom stereocenters. The molecular weight excluding hydrogens is 392 g/mol. The van der Waals surface area contributed by atoms with Crippen molar-refractivity contribution in [2.24, 2.45) is 7.05 Å². The van der Waals surface area contributed by atoms with E-state index in [1.807, 2.05) is 39.3 Å². The first-order chi connectivity index (χ1) is 15.0. The van der Waals surface area contributed by atoms with Crippen molar-refractivity contribution in [1.82, 2.24) is 25.1 Å². The average Bonchev–Trinajstić information content (AvgIpc) is 3.14. The molecule has 1 fully saturated rings. The molecule has 8 nitrogen and oxygen atoms in total. The summed E-state index contributed by atoms with van der Waals surface area (Å²) >= 11 is 0. The van der Waals surface area contributed by atoms with Crippen LogP contribution in [0.3, 0.4) is 0 Å². The summed E-state index contributed by atoms with van der Waals surface area (Å²) in [5, 5.41) is 8.49. The molecule has 0 amide bonds. The van der Waals surface area contributed by atoms with E-state index < -0.39 is 0 Å². The van der Waals surface area contributed by atoms with Gasteiger partial charge in [0.1, 0.15) is 17.0 Å². The number of H-pyrrole nitrogens is 1. The molecule has 3 aromatic rings. The van der Waals surface area contributed by atoms with E-state index in [2.05, 4.69) is 15.2 Å². The SMILES string of the molecule is CNCCN(C)c1ccc(-c2nc3c(c(C4CCCCC4)nn3C)c(=O)[nH]2)c(OC)c1. The molecule has 31 heavy (non-hydrogen) atoms. The minimum atomic E-state index is -0.133. The highest BCUT2D eigenvalue weighted by Gasteiger charge is 2.25. The van der Waals surface area contributed by atoms with E-state index in [0.717, 1.165) is 42.9 Å². The Kier molecular flexibility index (Phi) is 6.27. The van der Waals surface area contributed by atoms with Crippen LogP contribution in [0.4, 0.5) is 5.69 Å². The molecule has 0 saturated heterocycles. The summed E-state index contributed by atoms with van der Waals surface area (Å²) < 4.78 is 7.39. The molecule has 2 aromatic heterocycles. The third-order valence-corrected chi connectivity index (χ3v) is 6.29. The summed E-state index contributed by atoms with van der Waals surface area (Å²) in [5.41, 5.74) is 3.18. The zero-order valence-corrected chi connectivity index (χ0v) is 18.9. The lowest BCUT2D eigenvalue weighted by atomic mass is 9.86. The summed E-state index contributed by atoms with van der Waals surface area (Å²) in [4.78, 5) is 23.1. The molecule has 0 bridgehead atoms. The van der Waals surface area contributed by atoms with Crippen LogP contribution in [0.15, 0.2) is 23.0 Å². The van der Waals surface area contributed by atoms with Gasteiger partial charge in [0.15, 0.2) is 5.65 Å². The van der Waals surface area contributed by atoms with E-state index in [1.165, 1.54) is 19.3 Å². The van der Waals surface area contributed by atoms with E-state index in [4.69, 9.17) is 14.8 Å². The van der Waals surface area contributed by atoms with E-state index in [9.17, 15) is 4.79 Å². The molecule has 2 N–H and O–H groups in total. The van der Waals surface area contributed by atoms with Crippen molar-refractivity contribution in [3.8, 4) is 17.1 Å². The zero-order valence-electron chi connectivity index (χ0n) is 18.9. The number of aromatic amines is 1. The number of nitrogens with zero attached hydrogens (tertiary/aromatic N) is 4. The van der Waals surface area contributed by atoms with Gasteiger partial charge < -0.3 is 19.9 Å². The number of ether oxygens (including phenoxy) is 1. The monoisotopic (exact) mass is 424 g/mol. The number of aromatic nitrogens is 4. The van der Waals surface area contributed by atoms with Gasteiger partial charge in [-0.2, -0.15) is 5.10 Å².